The summed E-state index contributed by atoms with van der Waals surface area (Å²) < 4.78 is 0. The fourth-order valence-corrected chi connectivity index (χ4v) is 4.11. The minimum Gasteiger partial charge on any atom is -0.481 e. The molecule has 3 fully saturated rings. The van der Waals surface area contributed by atoms with Crippen molar-refractivity contribution in [3.63, 3.8) is 0 Å². The van der Waals surface area contributed by atoms with E-state index in [9.17, 15) is 9.90 Å². The molecule has 3 N–H and O–H groups in total. The number of piperidine rings is 3. The zero-order chi connectivity index (χ0) is 14.2. The van der Waals surface area contributed by atoms with Crippen molar-refractivity contribution in [3.05, 3.63) is 35.9 Å². The third-order valence-corrected chi connectivity index (χ3v) is 5.28. The highest BCUT2D eigenvalue weighted by atomic mass is 16.4. The topological polar surface area (TPSA) is 66.6 Å². The van der Waals surface area contributed by atoms with Gasteiger partial charge < -0.3 is 15.7 Å². The Kier molecular flexibility index (Phi) is 3.52. The molecule has 1 aromatic carbocycles. The van der Waals surface area contributed by atoms with Crippen LogP contribution in [-0.2, 0) is 10.2 Å². The standard InChI is InChI=1S/C16H22N2O2/c17-11-16(15(19)20,13-4-2-1-3-5-13)14-10-18-8-6-12(14)7-9-18/h1-5,12,14H,6-11,17H2,(H,19,20)/t14-,16?/m1/s1. The number of benzene rings is 1. The quantitative estimate of drug-likeness (QED) is 0.869. The van der Waals surface area contributed by atoms with Crippen molar-refractivity contribution in [1.29, 1.82) is 0 Å². The summed E-state index contributed by atoms with van der Waals surface area (Å²) in [6.07, 6.45) is 2.21. The normalized spacial score (nSPS) is 31.8. The van der Waals surface area contributed by atoms with Gasteiger partial charge in [-0.15, -0.1) is 0 Å². The van der Waals surface area contributed by atoms with E-state index < -0.39 is 11.4 Å². The van der Waals surface area contributed by atoms with Gasteiger partial charge in [-0.2, -0.15) is 0 Å². The molecule has 3 heterocycles. The molecule has 0 spiro atoms. The van der Waals surface area contributed by atoms with E-state index >= 15 is 0 Å². The average molecular weight is 274 g/mol. The van der Waals surface area contributed by atoms with Crippen LogP contribution in [0.5, 0.6) is 0 Å². The molecule has 3 aliphatic heterocycles. The van der Waals surface area contributed by atoms with E-state index in [1.165, 1.54) is 0 Å². The first-order valence-electron chi connectivity index (χ1n) is 7.40. The van der Waals surface area contributed by atoms with E-state index in [0.29, 0.717) is 5.92 Å². The summed E-state index contributed by atoms with van der Waals surface area (Å²) in [5.41, 5.74) is 5.92. The molecule has 108 valence electrons. The maximum Gasteiger partial charge on any atom is 0.315 e. The zero-order valence-electron chi connectivity index (χ0n) is 11.7. The van der Waals surface area contributed by atoms with Gasteiger partial charge >= 0.3 is 5.97 Å². The van der Waals surface area contributed by atoms with Gasteiger partial charge in [0, 0.05) is 13.1 Å². The summed E-state index contributed by atoms with van der Waals surface area (Å²) in [6, 6.07) is 9.56. The molecule has 1 aromatic rings. The number of carbonyl (C=O) groups is 1. The van der Waals surface area contributed by atoms with Crippen LogP contribution in [0.25, 0.3) is 0 Å². The van der Waals surface area contributed by atoms with Crippen molar-refractivity contribution in [2.24, 2.45) is 17.6 Å². The van der Waals surface area contributed by atoms with Crippen LogP contribution in [0.4, 0.5) is 0 Å². The van der Waals surface area contributed by atoms with E-state index in [4.69, 9.17) is 5.73 Å². The second-order valence-electron chi connectivity index (χ2n) is 6.09. The number of rotatable bonds is 4. The van der Waals surface area contributed by atoms with E-state index in [0.717, 1.165) is 38.0 Å². The Labute approximate surface area is 119 Å². The van der Waals surface area contributed by atoms with Crippen molar-refractivity contribution >= 4 is 5.97 Å². The maximum absolute atomic E-state index is 12.1. The number of carboxylic acid groups (broad SMARTS) is 1. The Bertz CT molecular complexity index is 483. The molecule has 0 aliphatic carbocycles. The largest absolute Gasteiger partial charge is 0.481 e. The number of fused-ring (bicyclic) bond motifs is 3. The van der Waals surface area contributed by atoms with Gasteiger partial charge in [-0.05, 0) is 43.3 Å². The van der Waals surface area contributed by atoms with Crippen molar-refractivity contribution in [1.82, 2.24) is 4.90 Å². The fourth-order valence-electron chi connectivity index (χ4n) is 4.11. The van der Waals surface area contributed by atoms with Crippen molar-refractivity contribution in [3.8, 4) is 0 Å². The SMILES string of the molecule is NCC(C(=O)O)(c1ccccc1)[C@@H]1CN2CCC1CC2. The van der Waals surface area contributed by atoms with Crippen LogP contribution in [0, 0.1) is 11.8 Å². The number of carboxylic acids is 1. The second kappa shape index (κ2) is 5.19. The predicted octanol–water partition coefficient (Wildman–Crippen LogP) is 1.31. The zero-order valence-corrected chi connectivity index (χ0v) is 11.7. The Hall–Kier alpha value is -1.39. The third kappa shape index (κ3) is 1.95. The predicted molar refractivity (Wildman–Crippen MR) is 77.5 cm³/mol. The molecule has 3 saturated heterocycles. The second-order valence-corrected chi connectivity index (χ2v) is 6.09. The minimum atomic E-state index is -0.939. The molecule has 0 aromatic heterocycles. The molecule has 1 unspecified atom stereocenters. The van der Waals surface area contributed by atoms with Gasteiger partial charge in [-0.3, -0.25) is 4.79 Å². The first-order valence-corrected chi connectivity index (χ1v) is 7.40. The van der Waals surface area contributed by atoms with Crippen molar-refractivity contribution < 1.29 is 9.90 Å². The summed E-state index contributed by atoms with van der Waals surface area (Å²) in [5.74, 6) is -0.167. The monoisotopic (exact) mass is 274 g/mol. The lowest BCUT2D eigenvalue weighted by Crippen LogP contribution is -2.60. The first-order chi connectivity index (χ1) is 9.68. The van der Waals surface area contributed by atoms with Crippen molar-refractivity contribution in [2.45, 2.75) is 18.3 Å². The lowest BCUT2D eigenvalue weighted by molar-refractivity contribution is -0.149. The van der Waals surface area contributed by atoms with Crippen LogP contribution >= 0.6 is 0 Å². The highest BCUT2D eigenvalue weighted by molar-refractivity contribution is 5.82. The van der Waals surface area contributed by atoms with Gasteiger partial charge in [-0.1, -0.05) is 30.3 Å². The molecule has 4 heteroatoms. The summed E-state index contributed by atoms with van der Waals surface area (Å²) in [5, 5.41) is 9.96. The van der Waals surface area contributed by atoms with Gasteiger partial charge in [0.25, 0.3) is 0 Å². The lowest BCUT2D eigenvalue weighted by Gasteiger charge is -2.51. The van der Waals surface area contributed by atoms with Crippen LogP contribution in [0.3, 0.4) is 0 Å². The molecule has 2 atom stereocenters. The Balaban J connectivity index is 2.04. The van der Waals surface area contributed by atoms with E-state index in [2.05, 4.69) is 4.90 Å². The number of hydrogen-bond acceptors (Lipinski definition) is 3. The number of hydrogen-bond donors (Lipinski definition) is 2. The van der Waals surface area contributed by atoms with Crippen LogP contribution in [0.1, 0.15) is 18.4 Å². The Morgan fingerprint density at radius 3 is 2.40 bits per heavy atom. The van der Waals surface area contributed by atoms with E-state index in [-0.39, 0.29) is 12.5 Å². The van der Waals surface area contributed by atoms with Crippen LogP contribution in [0.2, 0.25) is 0 Å². The molecule has 0 amide bonds. The Morgan fingerprint density at radius 1 is 1.30 bits per heavy atom. The molecule has 3 aliphatic rings. The fraction of sp³-hybridized carbons (Fsp3) is 0.562. The lowest BCUT2D eigenvalue weighted by atomic mass is 9.61. The molecular weight excluding hydrogens is 252 g/mol. The minimum absolute atomic E-state index is 0.120. The number of nitrogens with zero attached hydrogens (tertiary/aromatic N) is 1. The van der Waals surface area contributed by atoms with Crippen LogP contribution < -0.4 is 5.73 Å². The first kappa shape index (κ1) is 13.6. The maximum atomic E-state index is 12.1. The molecule has 4 nitrogen and oxygen atoms in total. The highest BCUT2D eigenvalue weighted by Gasteiger charge is 2.52. The third-order valence-electron chi connectivity index (χ3n) is 5.28. The highest BCUT2D eigenvalue weighted by Crippen LogP contribution is 2.44. The average Bonchev–Trinajstić information content (AvgIpc) is 2.51. The van der Waals surface area contributed by atoms with Gasteiger partial charge in [0.1, 0.15) is 5.41 Å². The molecule has 0 radical (unpaired) electrons. The summed E-state index contributed by atoms with van der Waals surface area (Å²) in [7, 11) is 0. The van der Waals surface area contributed by atoms with Gasteiger partial charge in [-0.25, -0.2) is 0 Å². The van der Waals surface area contributed by atoms with E-state index in [1.54, 1.807) is 0 Å². The van der Waals surface area contributed by atoms with Crippen molar-refractivity contribution in [2.75, 3.05) is 26.2 Å². The smallest absolute Gasteiger partial charge is 0.315 e. The summed E-state index contributed by atoms with van der Waals surface area (Å²) in [6.45, 7) is 3.25. The molecular formula is C16H22N2O2. The van der Waals surface area contributed by atoms with Crippen LogP contribution in [0.15, 0.2) is 30.3 Å². The molecule has 4 rings (SSSR count). The van der Waals surface area contributed by atoms with Crippen LogP contribution in [-0.4, -0.2) is 42.2 Å². The summed E-state index contributed by atoms with van der Waals surface area (Å²) in [4.78, 5) is 14.5. The summed E-state index contributed by atoms with van der Waals surface area (Å²) >= 11 is 0. The Morgan fingerprint density at radius 2 is 1.95 bits per heavy atom. The molecule has 0 saturated carbocycles. The number of aliphatic carboxylic acids is 1. The molecule has 2 bridgehead atoms. The molecule has 20 heavy (non-hydrogen) atoms. The van der Waals surface area contributed by atoms with Gasteiger partial charge in [0.2, 0.25) is 0 Å². The van der Waals surface area contributed by atoms with Gasteiger partial charge in [0.15, 0.2) is 0 Å². The van der Waals surface area contributed by atoms with E-state index in [1.807, 2.05) is 30.3 Å². The van der Waals surface area contributed by atoms with Gasteiger partial charge in [0.05, 0.1) is 0 Å². The number of nitrogens with two attached hydrogens (primary N) is 1.